The third-order valence-corrected chi connectivity index (χ3v) is 7.09. The Balaban J connectivity index is 1.60. The molecule has 2 amide bonds. The Morgan fingerprint density at radius 3 is 2.39 bits per heavy atom. The lowest BCUT2D eigenvalue weighted by atomic mass is 9.82. The highest BCUT2D eigenvalue weighted by molar-refractivity contribution is 8.03. The Bertz CT molecular complexity index is 1450. The van der Waals surface area contributed by atoms with E-state index in [9.17, 15) is 14.9 Å². The van der Waals surface area contributed by atoms with Gasteiger partial charge in [0.05, 0.1) is 41.1 Å². The third-order valence-electron chi connectivity index (χ3n) is 5.84. The van der Waals surface area contributed by atoms with Gasteiger partial charge in [-0.2, -0.15) is 5.26 Å². The van der Waals surface area contributed by atoms with Gasteiger partial charge in [-0.1, -0.05) is 71.9 Å². The molecule has 4 rings (SSSR count). The van der Waals surface area contributed by atoms with Crippen molar-refractivity contribution in [3.05, 3.63) is 111 Å². The summed E-state index contributed by atoms with van der Waals surface area (Å²) >= 11 is 7.26. The maximum atomic E-state index is 13.5. The summed E-state index contributed by atoms with van der Waals surface area (Å²) in [5.74, 6) is -0.712. The number of rotatable bonds is 8. The molecule has 0 radical (unpaired) electrons. The van der Waals surface area contributed by atoms with Gasteiger partial charge >= 0.3 is 0 Å². The molecule has 1 aliphatic rings. The van der Waals surface area contributed by atoms with Gasteiger partial charge in [-0.15, -0.1) is 0 Å². The molecule has 0 saturated carbocycles. The van der Waals surface area contributed by atoms with Crippen molar-refractivity contribution >= 4 is 46.6 Å². The molecule has 0 unspecified atom stereocenters. The van der Waals surface area contributed by atoms with Crippen molar-refractivity contribution in [1.82, 2.24) is 5.32 Å². The monoisotopic (exact) mass is 544 g/mol. The van der Waals surface area contributed by atoms with Crippen molar-refractivity contribution in [3.63, 3.8) is 0 Å². The number of nitriles is 1. The third kappa shape index (κ3) is 6.20. The van der Waals surface area contributed by atoms with Gasteiger partial charge in [-0.3, -0.25) is 9.59 Å². The number of carbonyl (C=O) groups excluding carboxylic acids is 2. The number of para-hydroxylation sites is 1. The second-order valence-electron chi connectivity index (χ2n) is 8.36. The number of thioether (sulfide) groups is 1. The van der Waals surface area contributed by atoms with E-state index in [1.807, 2.05) is 48.5 Å². The van der Waals surface area contributed by atoms with Crippen molar-refractivity contribution in [2.45, 2.75) is 12.8 Å². The van der Waals surface area contributed by atoms with Gasteiger partial charge in [0, 0.05) is 22.0 Å². The first-order valence-corrected chi connectivity index (χ1v) is 13.1. The Labute approximate surface area is 230 Å². The Morgan fingerprint density at radius 2 is 1.74 bits per heavy atom. The molecule has 1 heterocycles. The zero-order valence-corrected chi connectivity index (χ0v) is 22.3. The highest BCUT2D eigenvalue weighted by Gasteiger charge is 2.34. The number of nitrogens with one attached hydrogen (secondary N) is 3. The number of carbonyl (C=O) groups is 2. The number of dihydropyridines is 1. The highest BCUT2D eigenvalue weighted by atomic mass is 35.5. The first-order chi connectivity index (χ1) is 18.4. The molecule has 3 N–H and O–H groups in total. The topological polar surface area (TPSA) is 103 Å². The summed E-state index contributed by atoms with van der Waals surface area (Å²) in [7, 11) is 1.51. The molecule has 38 heavy (non-hydrogen) atoms. The number of benzene rings is 3. The second kappa shape index (κ2) is 12.4. The fourth-order valence-corrected chi connectivity index (χ4v) is 5.19. The number of nitrogens with zero attached hydrogens (tertiary/aromatic N) is 1. The van der Waals surface area contributed by atoms with Crippen molar-refractivity contribution in [3.8, 4) is 11.8 Å². The first-order valence-electron chi connectivity index (χ1n) is 11.7. The molecule has 0 saturated heterocycles. The number of hydrogen-bond acceptors (Lipinski definition) is 6. The van der Waals surface area contributed by atoms with Gasteiger partial charge in [0.1, 0.15) is 5.75 Å². The number of anilines is 2. The zero-order valence-electron chi connectivity index (χ0n) is 20.7. The molecular weight excluding hydrogens is 520 g/mol. The van der Waals surface area contributed by atoms with Gasteiger partial charge in [-0.05, 0) is 42.8 Å². The van der Waals surface area contributed by atoms with E-state index in [2.05, 4.69) is 22.0 Å². The van der Waals surface area contributed by atoms with Crippen LogP contribution in [0.25, 0.3) is 0 Å². The minimum atomic E-state index is -0.607. The minimum absolute atomic E-state index is 0.0174. The van der Waals surface area contributed by atoms with Crippen molar-refractivity contribution in [2.75, 3.05) is 23.5 Å². The predicted octanol–water partition coefficient (Wildman–Crippen LogP) is 6.06. The summed E-state index contributed by atoms with van der Waals surface area (Å²) < 4.78 is 5.30. The van der Waals surface area contributed by atoms with E-state index in [1.165, 1.54) is 18.9 Å². The van der Waals surface area contributed by atoms with Crippen LogP contribution in [0.4, 0.5) is 11.4 Å². The van der Waals surface area contributed by atoms with E-state index in [0.717, 1.165) is 5.56 Å². The molecule has 7 nitrogen and oxygen atoms in total. The highest BCUT2D eigenvalue weighted by Crippen LogP contribution is 2.41. The normalized spacial score (nSPS) is 14.8. The van der Waals surface area contributed by atoms with Crippen LogP contribution >= 0.6 is 23.4 Å². The van der Waals surface area contributed by atoms with Gasteiger partial charge in [0.2, 0.25) is 5.91 Å². The van der Waals surface area contributed by atoms with Crippen molar-refractivity contribution in [2.24, 2.45) is 0 Å². The van der Waals surface area contributed by atoms with Gasteiger partial charge in [-0.25, -0.2) is 0 Å². The summed E-state index contributed by atoms with van der Waals surface area (Å²) in [6.45, 7) is 1.79. The van der Waals surface area contributed by atoms with Crippen LogP contribution < -0.4 is 20.7 Å². The minimum Gasteiger partial charge on any atom is -0.495 e. The van der Waals surface area contributed by atoms with Gasteiger partial charge in [0.15, 0.2) is 0 Å². The van der Waals surface area contributed by atoms with Crippen LogP contribution in [0, 0.1) is 11.3 Å². The largest absolute Gasteiger partial charge is 0.495 e. The molecular formula is C29H25ClN4O3S. The number of allylic oxidation sites excluding steroid dienone is 2. The lowest BCUT2D eigenvalue weighted by molar-refractivity contribution is -0.114. The van der Waals surface area contributed by atoms with E-state index in [1.54, 1.807) is 37.3 Å². The average molecular weight is 545 g/mol. The van der Waals surface area contributed by atoms with Crippen LogP contribution in [-0.2, 0) is 9.59 Å². The molecule has 1 atom stereocenters. The van der Waals surface area contributed by atoms with Crippen LogP contribution in [0.15, 0.2) is 101 Å². The van der Waals surface area contributed by atoms with Crippen LogP contribution in [-0.4, -0.2) is 24.7 Å². The van der Waals surface area contributed by atoms with Crippen molar-refractivity contribution in [1.29, 1.82) is 5.26 Å². The van der Waals surface area contributed by atoms with E-state index in [4.69, 9.17) is 16.3 Å². The second-order valence-corrected chi connectivity index (χ2v) is 9.79. The molecule has 9 heteroatoms. The summed E-state index contributed by atoms with van der Waals surface area (Å²) in [6, 6.07) is 25.8. The predicted molar refractivity (Wildman–Crippen MR) is 152 cm³/mol. The molecule has 0 bridgehead atoms. The van der Waals surface area contributed by atoms with Gasteiger partial charge in [0.25, 0.3) is 5.91 Å². The van der Waals surface area contributed by atoms with Crippen LogP contribution in [0.2, 0.25) is 5.02 Å². The fourth-order valence-electron chi connectivity index (χ4n) is 4.13. The Hall–Kier alpha value is -4.19. The van der Waals surface area contributed by atoms with Gasteiger partial charge < -0.3 is 20.7 Å². The lowest BCUT2D eigenvalue weighted by Crippen LogP contribution is -2.31. The Morgan fingerprint density at radius 1 is 1.05 bits per heavy atom. The molecule has 0 aromatic heterocycles. The average Bonchev–Trinajstić information content (AvgIpc) is 2.92. The fraction of sp³-hybridized carbons (Fsp3) is 0.138. The summed E-state index contributed by atoms with van der Waals surface area (Å²) in [6.07, 6.45) is 0. The number of hydrogen-bond donors (Lipinski definition) is 3. The molecule has 0 aliphatic carbocycles. The summed E-state index contributed by atoms with van der Waals surface area (Å²) in [5.41, 5.74) is 3.31. The SMILES string of the molecule is COc1ccc(Cl)cc1NC(=O)CSC1=C(C#N)[C@H](c2ccccc2)C(C(=O)Nc2ccccc2)=C(C)N1. The lowest BCUT2D eigenvalue weighted by Gasteiger charge is -2.30. The van der Waals surface area contributed by atoms with E-state index >= 15 is 0 Å². The molecule has 0 spiro atoms. The molecule has 3 aromatic rings. The van der Waals surface area contributed by atoms with Crippen LogP contribution in [0.5, 0.6) is 5.75 Å². The quantitative estimate of drug-likeness (QED) is 0.319. The van der Waals surface area contributed by atoms with Crippen LogP contribution in [0.3, 0.4) is 0 Å². The van der Waals surface area contributed by atoms with E-state index < -0.39 is 5.92 Å². The number of methoxy groups -OCH3 is 1. The first kappa shape index (κ1) is 26.9. The van der Waals surface area contributed by atoms with Crippen LogP contribution in [0.1, 0.15) is 18.4 Å². The van der Waals surface area contributed by atoms with Crippen molar-refractivity contribution < 1.29 is 14.3 Å². The number of amides is 2. The smallest absolute Gasteiger partial charge is 0.254 e. The zero-order chi connectivity index (χ0) is 27.1. The maximum Gasteiger partial charge on any atom is 0.254 e. The number of halogens is 1. The summed E-state index contributed by atoms with van der Waals surface area (Å²) in [5, 5.41) is 20.1. The molecule has 0 fully saturated rings. The molecule has 1 aliphatic heterocycles. The van der Waals surface area contributed by atoms with E-state index in [-0.39, 0.29) is 17.6 Å². The number of ether oxygens (including phenoxy) is 1. The maximum absolute atomic E-state index is 13.5. The Kier molecular flexibility index (Phi) is 8.74. The van der Waals surface area contributed by atoms with E-state index in [0.29, 0.717) is 44.0 Å². The molecule has 192 valence electrons. The molecule has 3 aromatic carbocycles. The summed E-state index contributed by atoms with van der Waals surface area (Å²) in [4.78, 5) is 26.3. The standard InChI is InChI=1S/C29H25ClN4O3S/c1-18-26(28(36)33-21-11-7-4-8-12-21)27(19-9-5-3-6-10-19)22(16-31)29(32-18)38-17-25(35)34-23-15-20(30)13-14-24(23)37-2/h3-15,27,32H,17H2,1-2H3,(H,33,36)(H,34,35)/t27-/m0/s1.